The fourth-order valence-electron chi connectivity index (χ4n) is 0.701. The highest BCUT2D eigenvalue weighted by molar-refractivity contribution is 9.10. The van der Waals surface area contributed by atoms with Crippen LogP contribution in [0.3, 0.4) is 0 Å². The van der Waals surface area contributed by atoms with Crippen molar-refractivity contribution in [3.05, 3.63) is 47.9 Å². The molecule has 0 atom stereocenters. The molecule has 0 spiro atoms. The Balaban J connectivity index is 2.66. The molecule has 2 heteroatoms. The molecule has 1 radical (unpaired) electrons. The van der Waals surface area contributed by atoms with Gasteiger partial charge in [-0.1, -0.05) is 22.0 Å². The van der Waals surface area contributed by atoms with Crippen LogP contribution in [0.2, 0.25) is 0 Å². The summed E-state index contributed by atoms with van der Waals surface area (Å²) in [4.78, 5) is 0. The van der Waals surface area contributed by atoms with E-state index in [2.05, 4.69) is 28.2 Å². The molecule has 11 heavy (non-hydrogen) atoms. The topological polar surface area (TPSA) is 12.0 Å². The SMILES string of the molecule is [CH2]/C=C/Nc1ccc(Br)cc1. The van der Waals surface area contributed by atoms with Gasteiger partial charge < -0.3 is 5.32 Å². The van der Waals surface area contributed by atoms with E-state index in [0.717, 1.165) is 10.2 Å². The largest absolute Gasteiger partial charge is 0.362 e. The lowest BCUT2D eigenvalue weighted by atomic mass is 10.3. The number of halogens is 1. The summed E-state index contributed by atoms with van der Waals surface area (Å²) in [5, 5.41) is 3.06. The zero-order valence-corrected chi connectivity index (χ0v) is 7.64. The predicted molar refractivity (Wildman–Crippen MR) is 52.3 cm³/mol. The van der Waals surface area contributed by atoms with Crippen LogP contribution in [0.5, 0.6) is 0 Å². The van der Waals surface area contributed by atoms with Crippen molar-refractivity contribution in [1.82, 2.24) is 0 Å². The third-order valence-corrected chi connectivity index (χ3v) is 1.74. The Hall–Kier alpha value is -0.760. The lowest BCUT2D eigenvalue weighted by Gasteiger charge is -1.98. The smallest absolute Gasteiger partial charge is 0.0380 e. The van der Waals surface area contributed by atoms with Crippen molar-refractivity contribution >= 4 is 21.6 Å². The molecule has 0 aliphatic rings. The highest BCUT2D eigenvalue weighted by Gasteiger charge is 1.86. The maximum Gasteiger partial charge on any atom is 0.0380 e. The first-order valence-corrected chi connectivity index (χ1v) is 4.08. The van der Waals surface area contributed by atoms with Crippen molar-refractivity contribution in [3.8, 4) is 0 Å². The summed E-state index contributed by atoms with van der Waals surface area (Å²) in [5.41, 5.74) is 1.06. The van der Waals surface area contributed by atoms with Gasteiger partial charge in [0.05, 0.1) is 0 Å². The zero-order valence-electron chi connectivity index (χ0n) is 6.05. The quantitative estimate of drug-likeness (QED) is 0.791. The van der Waals surface area contributed by atoms with Crippen LogP contribution in [0, 0.1) is 6.92 Å². The van der Waals surface area contributed by atoms with Gasteiger partial charge in [-0.2, -0.15) is 0 Å². The molecule has 1 nitrogen and oxygen atoms in total. The number of nitrogens with one attached hydrogen (secondary N) is 1. The van der Waals surface area contributed by atoms with Crippen molar-refractivity contribution < 1.29 is 0 Å². The molecule has 1 aromatic carbocycles. The molecule has 0 heterocycles. The van der Waals surface area contributed by atoms with Crippen LogP contribution in [0.15, 0.2) is 41.0 Å². The Morgan fingerprint density at radius 1 is 1.27 bits per heavy atom. The zero-order chi connectivity index (χ0) is 8.10. The van der Waals surface area contributed by atoms with E-state index in [1.54, 1.807) is 12.3 Å². The van der Waals surface area contributed by atoms with Gasteiger partial charge in [-0.25, -0.2) is 0 Å². The minimum Gasteiger partial charge on any atom is -0.362 e. The molecule has 0 saturated heterocycles. The standard InChI is InChI=1S/C9H9BrN/c1-2-7-11-9-5-3-8(10)4-6-9/h2-7,11H,1H2/b7-2+. The Kier molecular flexibility index (Phi) is 3.17. The van der Waals surface area contributed by atoms with Crippen LogP contribution in [0.25, 0.3) is 0 Å². The second-order valence-electron chi connectivity index (χ2n) is 2.05. The first-order valence-electron chi connectivity index (χ1n) is 3.29. The summed E-state index contributed by atoms with van der Waals surface area (Å²) < 4.78 is 1.08. The molecule has 0 fully saturated rings. The molecule has 0 amide bonds. The average molecular weight is 211 g/mol. The number of benzene rings is 1. The highest BCUT2D eigenvalue weighted by Crippen LogP contribution is 2.13. The molecule has 0 saturated carbocycles. The first-order chi connectivity index (χ1) is 5.33. The molecule has 1 N–H and O–H groups in total. The van der Waals surface area contributed by atoms with Crippen LogP contribution in [-0.2, 0) is 0 Å². The Morgan fingerprint density at radius 3 is 2.45 bits per heavy atom. The molecule has 1 aromatic rings. The number of anilines is 1. The number of rotatable bonds is 2. The van der Waals surface area contributed by atoms with Crippen molar-refractivity contribution in [2.45, 2.75) is 0 Å². The van der Waals surface area contributed by atoms with Crippen LogP contribution >= 0.6 is 15.9 Å². The summed E-state index contributed by atoms with van der Waals surface area (Å²) in [6, 6.07) is 7.95. The van der Waals surface area contributed by atoms with Gasteiger partial charge in [-0.15, -0.1) is 0 Å². The van der Waals surface area contributed by atoms with Gasteiger partial charge in [0.15, 0.2) is 0 Å². The summed E-state index contributed by atoms with van der Waals surface area (Å²) in [5.74, 6) is 0. The van der Waals surface area contributed by atoms with E-state index in [4.69, 9.17) is 0 Å². The van der Waals surface area contributed by atoms with E-state index in [1.807, 2.05) is 24.3 Å². The Labute approximate surface area is 75.3 Å². The molecule has 0 aliphatic heterocycles. The monoisotopic (exact) mass is 210 g/mol. The van der Waals surface area contributed by atoms with Crippen LogP contribution in [-0.4, -0.2) is 0 Å². The lowest BCUT2D eigenvalue weighted by Crippen LogP contribution is -1.84. The van der Waals surface area contributed by atoms with Crippen molar-refractivity contribution in [2.75, 3.05) is 5.32 Å². The van der Waals surface area contributed by atoms with E-state index in [0.29, 0.717) is 0 Å². The van der Waals surface area contributed by atoms with Crippen LogP contribution in [0.1, 0.15) is 0 Å². The fourth-order valence-corrected chi connectivity index (χ4v) is 0.966. The molecule has 0 aliphatic carbocycles. The van der Waals surface area contributed by atoms with Crippen molar-refractivity contribution in [2.24, 2.45) is 0 Å². The van der Waals surface area contributed by atoms with E-state index >= 15 is 0 Å². The van der Waals surface area contributed by atoms with Gasteiger partial charge in [0.25, 0.3) is 0 Å². The molecular weight excluding hydrogens is 202 g/mol. The third kappa shape index (κ3) is 2.76. The second kappa shape index (κ2) is 4.19. The lowest BCUT2D eigenvalue weighted by molar-refractivity contribution is 1.56. The van der Waals surface area contributed by atoms with Gasteiger partial charge in [0, 0.05) is 10.2 Å². The first kappa shape index (κ1) is 8.34. The molecule has 0 bridgehead atoms. The predicted octanol–water partition coefficient (Wildman–Crippen LogP) is 3.21. The van der Waals surface area contributed by atoms with E-state index in [1.165, 1.54) is 0 Å². The van der Waals surface area contributed by atoms with Gasteiger partial charge in [-0.3, -0.25) is 0 Å². The fraction of sp³-hybridized carbons (Fsp3) is 0. The van der Waals surface area contributed by atoms with E-state index < -0.39 is 0 Å². The van der Waals surface area contributed by atoms with Crippen LogP contribution in [0.4, 0.5) is 5.69 Å². The van der Waals surface area contributed by atoms with Crippen molar-refractivity contribution in [3.63, 3.8) is 0 Å². The molecule has 0 aromatic heterocycles. The number of hydrogen-bond donors (Lipinski definition) is 1. The number of allylic oxidation sites excluding steroid dienone is 1. The Bertz CT molecular complexity index is 238. The van der Waals surface area contributed by atoms with Gasteiger partial charge in [-0.05, 0) is 37.4 Å². The van der Waals surface area contributed by atoms with Gasteiger partial charge in [0.2, 0.25) is 0 Å². The maximum atomic E-state index is 3.57. The second-order valence-corrected chi connectivity index (χ2v) is 2.97. The molecular formula is C9H9BrN. The summed E-state index contributed by atoms with van der Waals surface area (Å²) in [6.07, 6.45) is 3.51. The summed E-state index contributed by atoms with van der Waals surface area (Å²) in [6.45, 7) is 3.57. The Morgan fingerprint density at radius 2 is 1.91 bits per heavy atom. The van der Waals surface area contributed by atoms with Crippen molar-refractivity contribution in [1.29, 1.82) is 0 Å². The molecule has 0 unspecified atom stereocenters. The van der Waals surface area contributed by atoms with Crippen LogP contribution < -0.4 is 5.32 Å². The third-order valence-electron chi connectivity index (χ3n) is 1.21. The van der Waals surface area contributed by atoms with Gasteiger partial charge in [0.1, 0.15) is 0 Å². The van der Waals surface area contributed by atoms with E-state index in [-0.39, 0.29) is 0 Å². The highest BCUT2D eigenvalue weighted by atomic mass is 79.9. The average Bonchev–Trinajstić information content (AvgIpc) is 2.04. The van der Waals surface area contributed by atoms with Gasteiger partial charge >= 0.3 is 0 Å². The summed E-state index contributed by atoms with van der Waals surface area (Å²) >= 11 is 3.36. The van der Waals surface area contributed by atoms with E-state index in [9.17, 15) is 0 Å². The summed E-state index contributed by atoms with van der Waals surface area (Å²) in [7, 11) is 0. The minimum absolute atomic E-state index is 1.06. The normalized spacial score (nSPS) is 10.4. The molecule has 57 valence electrons. The minimum atomic E-state index is 1.06. The molecule has 1 rings (SSSR count). The maximum absolute atomic E-state index is 3.57. The number of hydrogen-bond acceptors (Lipinski definition) is 1.